The molecule has 1 aliphatic heterocycles. The summed E-state index contributed by atoms with van der Waals surface area (Å²) in [6, 6.07) is 3.88. The molecule has 0 radical (unpaired) electrons. The third-order valence-electron chi connectivity index (χ3n) is 5.63. The molecule has 128 valence electrons. The lowest BCUT2D eigenvalue weighted by Crippen LogP contribution is -2.39. The summed E-state index contributed by atoms with van der Waals surface area (Å²) in [5.41, 5.74) is 1.29. The van der Waals surface area contributed by atoms with Crippen molar-refractivity contribution in [3.8, 4) is 0 Å². The normalized spacial score (nSPS) is 19.5. The highest BCUT2D eigenvalue weighted by Crippen LogP contribution is 2.36. The van der Waals surface area contributed by atoms with E-state index in [-0.39, 0.29) is 5.91 Å². The number of piperidine rings is 1. The minimum absolute atomic E-state index is 0.206. The molecule has 0 unspecified atom stereocenters. The molecule has 1 aliphatic carbocycles. The third kappa shape index (κ3) is 3.02. The smallest absolute Gasteiger partial charge is 0.263 e. The quantitative estimate of drug-likeness (QED) is 0.839. The van der Waals surface area contributed by atoms with E-state index in [9.17, 15) is 4.79 Å². The number of carbonyl (C=O) groups is 1. The fourth-order valence-electron chi connectivity index (χ4n) is 3.84. The van der Waals surface area contributed by atoms with E-state index in [4.69, 9.17) is 0 Å². The van der Waals surface area contributed by atoms with Crippen molar-refractivity contribution >= 4 is 17.2 Å². The van der Waals surface area contributed by atoms with Crippen molar-refractivity contribution in [1.82, 2.24) is 14.5 Å². The van der Waals surface area contributed by atoms with Crippen LogP contribution in [0.1, 0.15) is 59.2 Å². The Balaban J connectivity index is 1.37. The molecule has 4 rings (SSSR count). The van der Waals surface area contributed by atoms with Gasteiger partial charge in [0.2, 0.25) is 0 Å². The SMILES string of the molecule is Cc1cnc(C2CCC2)n1CC1CCN(C(=O)c2cccs2)CC1. The third-order valence-corrected chi connectivity index (χ3v) is 6.49. The maximum atomic E-state index is 12.4. The number of carbonyl (C=O) groups excluding carboxylic acids is 1. The van der Waals surface area contributed by atoms with E-state index in [1.54, 1.807) is 11.3 Å². The number of nitrogens with zero attached hydrogens (tertiary/aromatic N) is 3. The summed E-state index contributed by atoms with van der Waals surface area (Å²) in [6.07, 6.45) is 8.16. The molecule has 0 spiro atoms. The Bertz CT molecular complexity index is 694. The number of hydrogen-bond acceptors (Lipinski definition) is 3. The van der Waals surface area contributed by atoms with Gasteiger partial charge in [-0.1, -0.05) is 12.5 Å². The molecule has 2 aliphatic rings. The van der Waals surface area contributed by atoms with Crippen molar-refractivity contribution in [3.63, 3.8) is 0 Å². The highest BCUT2D eigenvalue weighted by atomic mass is 32.1. The van der Waals surface area contributed by atoms with Crippen molar-refractivity contribution in [2.45, 2.75) is 51.5 Å². The molecule has 1 saturated carbocycles. The van der Waals surface area contributed by atoms with Crippen LogP contribution in [0, 0.1) is 12.8 Å². The van der Waals surface area contributed by atoms with Crippen molar-refractivity contribution in [3.05, 3.63) is 40.1 Å². The van der Waals surface area contributed by atoms with E-state index >= 15 is 0 Å². The van der Waals surface area contributed by atoms with Gasteiger partial charge >= 0.3 is 0 Å². The minimum atomic E-state index is 0.206. The van der Waals surface area contributed by atoms with Crippen LogP contribution >= 0.6 is 11.3 Å². The highest BCUT2D eigenvalue weighted by Gasteiger charge is 2.28. The topological polar surface area (TPSA) is 38.1 Å². The number of likely N-dealkylation sites (tertiary alicyclic amines) is 1. The van der Waals surface area contributed by atoms with Crippen LogP contribution in [-0.2, 0) is 6.54 Å². The fraction of sp³-hybridized carbons (Fsp3) is 0.579. The number of aromatic nitrogens is 2. The molecular formula is C19H25N3OS. The number of rotatable bonds is 4. The van der Waals surface area contributed by atoms with E-state index in [0.29, 0.717) is 11.8 Å². The molecule has 0 aromatic carbocycles. The predicted octanol–water partition coefficient (Wildman–Crippen LogP) is 4.07. The van der Waals surface area contributed by atoms with Gasteiger partial charge in [-0.15, -0.1) is 11.3 Å². The summed E-state index contributed by atoms with van der Waals surface area (Å²) in [6.45, 7) is 5.01. The number of thiophene rings is 1. The summed E-state index contributed by atoms with van der Waals surface area (Å²) >= 11 is 1.54. The Labute approximate surface area is 147 Å². The Hall–Kier alpha value is -1.62. The van der Waals surface area contributed by atoms with E-state index in [2.05, 4.69) is 16.5 Å². The average Bonchev–Trinajstić information content (AvgIpc) is 3.19. The second-order valence-corrected chi connectivity index (χ2v) is 8.16. The second-order valence-electron chi connectivity index (χ2n) is 7.21. The van der Waals surface area contributed by atoms with Gasteiger partial charge in [-0.2, -0.15) is 0 Å². The van der Waals surface area contributed by atoms with Crippen molar-refractivity contribution in [1.29, 1.82) is 0 Å². The van der Waals surface area contributed by atoms with Crippen molar-refractivity contribution in [2.75, 3.05) is 13.1 Å². The molecule has 0 atom stereocenters. The Morgan fingerprint density at radius 1 is 1.29 bits per heavy atom. The van der Waals surface area contributed by atoms with Crippen LogP contribution in [0.4, 0.5) is 0 Å². The monoisotopic (exact) mass is 343 g/mol. The zero-order chi connectivity index (χ0) is 16.5. The minimum Gasteiger partial charge on any atom is -0.338 e. The molecule has 1 saturated heterocycles. The van der Waals surface area contributed by atoms with E-state index in [1.807, 2.05) is 28.6 Å². The van der Waals surface area contributed by atoms with E-state index in [1.165, 1.54) is 30.8 Å². The summed E-state index contributed by atoms with van der Waals surface area (Å²) in [4.78, 5) is 20.0. The molecule has 5 heteroatoms. The first-order valence-corrected chi connectivity index (χ1v) is 9.95. The van der Waals surface area contributed by atoms with Gasteiger partial charge in [0.05, 0.1) is 4.88 Å². The fourth-order valence-corrected chi connectivity index (χ4v) is 4.53. The first-order chi connectivity index (χ1) is 11.7. The van der Waals surface area contributed by atoms with Crippen LogP contribution in [0.3, 0.4) is 0 Å². The van der Waals surface area contributed by atoms with Crippen LogP contribution in [0.15, 0.2) is 23.7 Å². The predicted molar refractivity (Wildman–Crippen MR) is 96.5 cm³/mol. The maximum Gasteiger partial charge on any atom is 0.263 e. The highest BCUT2D eigenvalue weighted by molar-refractivity contribution is 7.12. The largest absolute Gasteiger partial charge is 0.338 e. The van der Waals surface area contributed by atoms with Crippen LogP contribution in [0.25, 0.3) is 0 Å². The number of aryl methyl sites for hydroxylation is 1. The Morgan fingerprint density at radius 2 is 2.08 bits per heavy atom. The standard InChI is InChI=1S/C19H25N3OS/c1-14-12-20-18(16-4-2-5-16)22(14)13-15-7-9-21(10-8-15)19(23)17-6-3-11-24-17/h3,6,11-12,15-16H,2,4-5,7-10,13H2,1H3. The Kier molecular flexibility index (Phi) is 4.44. The van der Waals surface area contributed by atoms with Crippen LogP contribution in [0.2, 0.25) is 0 Å². The zero-order valence-corrected chi connectivity index (χ0v) is 15.1. The zero-order valence-electron chi connectivity index (χ0n) is 14.3. The summed E-state index contributed by atoms with van der Waals surface area (Å²) in [5, 5.41) is 1.98. The second kappa shape index (κ2) is 6.71. The number of amides is 1. The summed E-state index contributed by atoms with van der Waals surface area (Å²) < 4.78 is 2.45. The lowest BCUT2D eigenvalue weighted by Gasteiger charge is -2.33. The van der Waals surface area contributed by atoms with Gasteiger partial charge in [0.15, 0.2) is 0 Å². The van der Waals surface area contributed by atoms with Gasteiger partial charge in [0.25, 0.3) is 5.91 Å². The molecule has 2 aromatic heterocycles. The summed E-state index contributed by atoms with van der Waals surface area (Å²) in [5.74, 6) is 2.84. The van der Waals surface area contributed by atoms with Crippen LogP contribution < -0.4 is 0 Å². The first kappa shape index (κ1) is 15.9. The maximum absolute atomic E-state index is 12.4. The van der Waals surface area contributed by atoms with Crippen LogP contribution in [0.5, 0.6) is 0 Å². The molecule has 4 nitrogen and oxygen atoms in total. The average molecular weight is 343 g/mol. The molecule has 1 amide bonds. The molecule has 3 heterocycles. The number of hydrogen-bond donors (Lipinski definition) is 0. The molecule has 0 N–H and O–H groups in total. The van der Waals surface area contributed by atoms with Gasteiger partial charge in [-0.3, -0.25) is 4.79 Å². The van der Waals surface area contributed by atoms with E-state index < -0.39 is 0 Å². The molecule has 24 heavy (non-hydrogen) atoms. The van der Waals surface area contributed by atoms with Crippen LogP contribution in [-0.4, -0.2) is 33.4 Å². The van der Waals surface area contributed by atoms with Crippen molar-refractivity contribution < 1.29 is 4.79 Å². The van der Waals surface area contributed by atoms with Crippen molar-refractivity contribution in [2.24, 2.45) is 5.92 Å². The first-order valence-electron chi connectivity index (χ1n) is 9.07. The van der Waals surface area contributed by atoms with Gasteiger partial charge < -0.3 is 9.47 Å². The molecule has 2 fully saturated rings. The molecular weight excluding hydrogens is 318 g/mol. The van der Waals surface area contributed by atoms with Gasteiger partial charge in [0.1, 0.15) is 5.82 Å². The van der Waals surface area contributed by atoms with Gasteiger partial charge in [-0.25, -0.2) is 4.98 Å². The molecule has 2 aromatic rings. The van der Waals surface area contributed by atoms with Gasteiger partial charge in [0, 0.05) is 37.4 Å². The lowest BCUT2D eigenvalue weighted by atomic mass is 9.84. The molecule has 0 bridgehead atoms. The summed E-state index contributed by atoms with van der Waals surface area (Å²) in [7, 11) is 0. The number of imidazole rings is 1. The van der Waals surface area contributed by atoms with Gasteiger partial charge in [-0.05, 0) is 50.0 Å². The van der Waals surface area contributed by atoms with E-state index in [0.717, 1.165) is 37.4 Å². The Morgan fingerprint density at radius 3 is 2.71 bits per heavy atom. The lowest BCUT2D eigenvalue weighted by molar-refractivity contribution is 0.0686.